The summed E-state index contributed by atoms with van der Waals surface area (Å²) in [6.07, 6.45) is -0.212. The van der Waals surface area contributed by atoms with E-state index in [-0.39, 0.29) is 31.0 Å². The Bertz CT molecular complexity index is 909. The van der Waals surface area contributed by atoms with Crippen LogP contribution >= 0.6 is 0 Å². The van der Waals surface area contributed by atoms with Gasteiger partial charge in [0.25, 0.3) is 10.1 Å². The first-order chi connectivity index (χ1) is 13.9. The van der Waals surface area contributed by atoms with Crippen LogP contribution in [0.4, 0.5) is 0 Å². The third-order valence-corrected chi connectivity index (χ3v) is 5.30. The number of hydrogen-bond acceptors (Lipinski definition) is 6. The van der Waals surface area contributed by atoms with Crippen molar-refractivity contribution in [3.63, 3.8) is 0 Å². The molecule has 0 amide bonds. The Morgan fingerprint density at radius 3 is 2.38 bits per heavy atom. The van der Waals surface area contributed by atoms with Crippen LogP contribution in [0.2, 0.25) is 0 Å². The summed E-state index contributed by atoms with van der Waals surface area (Å²) in [5.74, 6) is 6.39. The van der Waals surface area contributed by atoms with Gasteiger partial charge in [0.1, 0.15) is 5.75 Å². The van der Waals surface area contributed by atoms with Gasteiger partial charge in [-0.1, -0.05) is 29.8 Å². The Morgan fingerprint density at radius 2 is 1.72 bits per heavy atom. The normalized spacial score (nSPS) is 12.1. The lowest BCUT2D eigenvalue weighted by Crippen LogP contribution is -2.14. The zero-order valence-corrected chi connectivity index (χ0v) is 17.4. The van der Waals surface area contributed by atoms with E-state index in [2.05, 4.69) is 11.8 Å². The molecular formula is C22H26O6S. The van der Waals surface area contributed by atoms with Gasteiger partial charge in [0.2, 0.25) is 0 Å². The number of benzene rings is 2. The lowest BCUT2D eigenvalue weighted by molar-refractivity contribution is 0.0311. The molecule has 6 nitrogen and oxygen atoms in total. The molecule has 0 aromatic heterocycles. The second-order valence-corrected chi connectivity index (χ2v) is 8.03. The van der Waals surface area contributed by atoms with Gasteiger partial charge in [-0.15, -0.1) is 11.8 Å². The molecule has 1 atom stereocenters. The zero-order valence-electron chi connectivity index (χ0n) is 16.6. The van der Waals surface area contributed by atoms with Crippen LogP contribution in [-0.2, 0) is 25.6 Å². The maximum Gasteiger partial charge on any atom is 0.297 e. The van der Waals surface area contributed by atoms with Crippen molar-refractivity contribution in [2.24, 2.45) is 0 Å². The third kappa shape index (κ3) is 8.26. The van der Waals surface area contributed by atoms with Crippen molar-refractivity contribution in [1.82, 2.24) is 0 Å². The van der Waals surface area contributed by atoms with Crippen molar-refractivity contribution in [3.8, 4) is 17.6 Å². The molecule has 1 N–H and O–H groups in total. The van der Waals surface area contributed by atoms with E-state index < -0.39 is 16.2 Å². The lowest BCUT2D eigenvalue weighted by atomic mass is 10.2. The number of aryl methyl sites for hydroxylation is 1. The summed E-state index contributed by atoms with van der Waals surface area (Å²) in [4.78, 5) is 0.125. The second-order valence-electron chi connectivity index (χ2n) is 6.41. The summed E-state index contributed by atoms with van der Waals surface area (Å²) in [6, 6.07) is 14.0. The predicted molar refractivity (Wildman–Crippen MR) is 110 cm³/mol. The molecular weight excluding hydrogens is 392 g/mol. The maximum atomic E-state index is 12.0. The maximum absolute atomic E-state index is 12.0. The van der Waals surface area contributed by atoms with Crippen LogP contribution < -0.4 is 4.74 Å². The standard InChI is InChI=1S/C22H26O6S/c1-18-7-13-22(14-8-18)29(24,25)28-15-5-3-4-6-20(23)17-27-16-19-9-11-21(26-2)12-10-19/h7-14,20,23H,5-6,15-17H2,1-2H3/t20-/m1/s1. The van der Waals surface area contributed by atoms with Gasteiger partial charge in [0.15, 0.2) is 0 Å². The van der Waals surface area contributed by atoms with Gasteiger partial charge < -0.3 is 14.6 Å². The molecule has 0 aliphatic carbocycles. The molecule has 0 saturated carbocycles. The minimum absolute atomic E-state index is 0.0344. The highest BCUT2D eigenvalue weighted by atomic mass is 32.2. The Morgan fingerprint density at radius 1 is 1.03 bits per heavy atom. The van der Waals surface area contributed by atoms with Crippen LogP contribution in [0.5, 0.6) is 5.75 Å². The first-order valence-electron chi connectivity index (χ1n) is 9.21. The van der Waals surface area contributed by atoms with Crippen molar-refractivity contribution in [2.75, 3.05) is 20.3 Å². The van der Waals surface area contributed by atoms with E-state index in [9.17, 15) is 13.5 Å². The fourth-order valence-electron chi connectivity index (χ4n) is 2.35. The minimum atomic E-state index is -3.77. The SMILES string of the molecule is COc1ccc(COC[C@H](O)CC#CCCOS(=O)(=O)c2ccc(C)cc2)cc1. The first kappa shape index (κ1) is 22.9. The molecule has 0 fully saturated rings. The Hall–Kier alpha value is -2.37. The van der Waals surface area contributed by atoms with E-state index in [1.165, 1.54) is 12.1 Å². The van der Waals surface area contributed by atoms with Gasteiger partial charge in [-0.05, 0) is 36.8 Å². The summed E-state index contributed by atoms with van der Waals surface area (Å²) in [6.45, 7) is 2.40. The first-order valence-corrected chi connectivity index (χ1v) is 10.6. The molecule has 0 bridgehead atoms. The molecule has 0 radical (unpaired) electrons. The molecule has 29 heavy (non-hydrogen) atoms. The van der Waals surface area contributed by atoms with Crippen LogP contribution in [0.1, 0.15) is 24.0 Å². The molecule has 0 unspecified atom stereocenters. The van der Waals surface area contributed by atoms with Gasteiger partial charge in [-0.3, -0.25) is 4.18 Å². The largest absolute Gasteiger partial charge is 0.497 e. The van der Waals surface area contributed by atoms with Gasteiger partial charge >= 0.3 is 0 Å². The van der Waals surface area contributed by atoms with Gasteiger partial charge in [-0.2, -0.15) is 8.42 Å². The molecule has 2 aromatic rings. The number of aliphatic hydroxyl groups excluding tert-OH is 1. The smallest absolute Gasteiger partial charge is 0.297 e. The lowest BCUT2D eigenvalue weighted by Gasteiger charge is -2.09. The van der Waals surface area contributed by atoms with Gasteiger partial charge in [0.05, 0.1) is 37.9 Å². The monoisotopic (exact) mass is 418 g/mol. The van der Waals surface area contributed by atoms with E-state index in [0.29, 0.717) is 6.61 Å². The minimum Gasteiger partial charge on any atom is -0.497 e. The summed E-state index contributed by atoms with van der Waals surface area (Å²) >= 11 is 0. The molecule has 2 rings (SSSR count). The van der Waals surface area contributed by atoms with E-state index >= 15 is 0 Å². The Balaban J connectivity index is 1.63. The van der Waals surface area contributed by atoms with Crippen LogP contribution in [0, 0.1) is 18.8 Å². The van der Waals surface area contributed by atoms with Crippen LogP contribution in [0.25, 0.3) is 0 Å². The molecule has 0 aliphatic heterocycles. The molecule has 0 heterocycles. The fourth-order valence-corrected chi connectivity index (χ4v) is 3.26. The van der Waals surface area contributed by atoms with Crippen LogP contribution in [0.3, 0.4) is 0 Å². The summed E-state index contributed by atoms with van der Waals surface area (Å²) in [5.41, 5.74) is 1.96. The molecule has 7 heteroatoms. The number of rotatable bonds is 10. The molecule has 2 aromatic carbocycles. The molecule has 0 aliphatic rings. The van der Waals surface area contributed by atoms with Crippen molar-refractivity contribution >= 4 is 10.1 Å². The van der Waals surface area contributed by atoms with Crippen molar-refractivity contribution in [1.29, 1.82) is 0 Å². The van der Waals surface area contributed by atoms with Gasteiger partial charge in [-0.25, -0.2) is 0 Å². The zero-order chi connectivity index (χ0) is 21.1. The van der Waals surface area contributed by atoms with Crippen molar-refractivity contribution < 1.29 is 27.2 Å². The quantitative estimate of drug-likeness (QED) is 0.363. The van der Waals surface area contributed by atoms with Crippen molar-refractivity contribution in [3.05, 3.63) is 59.7 Å². The molecule has 0 saturated heterocycles. The summed E-state index contributed by atoms with van der Waals surface area (Å²) in [5, 5.41) is 9.89. The van der Waals surface area contributed by atoms with Crippen molar-refractivity contribution in [2.45, 2.75) is 37.4 Å². The average molecular weight is 419 g/mol. The van der Waals surface area contributed by atoms with E-state index in [0.717, 1.165) is 16.9 Å². The Labute approximate surface area is 172 Å². The summed E-state index contributed by atoms with van der Waals surface area (Å²) in [7, 11) is -2.16. The number of hydrogen-bond donors (Lipinski definition) is 1. The molecule has 0 spiro atoms. The second kappa shape index (κ2) is 11.6. The van der Waals surface area contributed by atoms with E-state index in [1.54, 1.807) is 19.2 Å². The average Bonchev–Trinajstić information content (AvgIpc) is 2.71. The molecule has 156 valence electrons. The van der Waals surface area contributed by atoms with E-state index in [1.807, 2.05) is 31.2 Å². The van der Waals surface area contributed by atoms with Crippen LogP contribution in [0.15, 0.2) is 53.4 Å². The highest BCUT2D eigenvalue weighted by Gasteiger charge is 2.13. The topological polar surface area (TPSA) is 82.1 Å². The third-order valence-electron chi connectivity index (χ3n) is 3.98. The van der Waals surface area contributed by atoms with Crippen LogP contribution in [-0.4, -0.2) is 40.0 Å². The number of aliphatic hydroxyl groups is 1. The van der Waals surface area contributed by atoms with Gasteiger partial charge in [0, 0.05) is 12.8 Å². The number of ether oxygens (including phenoxy) is 2. The summed E-state index contributed by atoms with van der Waals surface area (Å²) < 4.78 is 39.6. The highest BCUT2D eigenvalue weighted by molar-refractivity contribution is 7.86. The fraction of sp³-hybridized carbons (Fsp3) is 0.364. The Kier molecular flexibility index (Phi) is 9.16. The highest BCUT2D eigenvalue weighted by Crippen LogP contribution is 2.13. The number of methoxy groups -OCH3 is 1. The predicted octanol–water partition coefficient (Wildman–Crippen LogP) is 3.07. The van der Waals surface area contributed by atoms with E-state index in [4.69, 9.17) is 13.7 Å².